The summed E-state index contributed by atoms with van der Waals surface area (Å²) in [7, 11) is 1.60. The van der Waals surface area contributed by atoms with E-state index in [0.29, 0.717) is 19.5 Å². The number of methoxy groups -OCH3 is 1. The lowest BCUT2D eigenvalue weighted by molar-refractivity contribution is -0.163. The van der Waals surface area contributed by atoms with E-state index in [-0.39, 0.29) is 11.8 Å². The van der Waals surface area contributed by atoms with Gasteiger partial charge in [-0.1, -0.05) is 32.0 Å². The van der Waals surface area contributed by atoms with Crippen LogP contribution in [0.5, 0.6) is 5.75 Å². The van der Waals surface area contributed by atoms with Crippen LogP contribution >= 0.6 is 0 Å². The summed E-state index contributed by atoms with van der Waals surface area (Å²) in [4.78, 5) is 13.8. The van der Waals surface area contributed by atoms with Crippen molar-refractivity contribution in [1.29, 1.82) is 0 Å². The van der Waals surface area contributed by atoms with Gasteiger partial charge in [-0.05, 0) is 12.0 Å². The highest BCUT2D eigenvalue weighted by Gasteiger charge is 2.45. The minimum atomic E-state index is -0.712. The second kappa shape index (κ2) is 5.21. The first-order valence-corrected chi connectivity index (χ1v) is 6.58. The summed E-state index contributed by atoms with van der Waals surface area (Å²) in [5.74, 6) is 0.938. The fourth-order valence-corrected chi connectivity index (χ4v) is 2.28. The molecule has 0 atom stereocenters. The summed E-state index contributed by atoms with van der Waals surface area (Å²) in [5, 5.41) is 10.2. The molecule has 104 valence electrons. The van der Waals surface area contributed by atoms with Gasteiger partial charge in [0, 0.05) is 5.56 Å². The topological polar surface area (TPSA) is 49.8 Å². The highest BCUT2D eigenvalue weighted by Crippen LogP contribution is 2.29. The number of likely N-dealkylation sites (tertiary alicyclic amines) is 1. The molecule has 1 fully saturated rings. The second-order valence-corrected chi connectivity index (χ2v) is 5.50. The molecule has 0 bridgehead atoms. The molecule has 1 heterocycles. The summed E-state index contributed by atoms with van der Waals surface area (Å²) in [6.45, 7) is 4.81. The van der Waals surface area contributed by atoms with E-state index in [1.807, 2.05) is 38.1 Å². The van der Waals surface area contributed by atoms with Gasteiger partial charge in [0.15, 0.2) is 0 Å². The van der Waals surface area contributed by atoms with E-state index in [2.05, 4.69) is 0 Å². The number of ether oxygens (including phenoxy) is 1. The van der Waals surface area contributed by atoms with E-state index in [9.17, 15) is 9.90 Å². The molecule has 0 aromatic heterocycles. The second-order valence-electron chi connectivity index (χ2n) is 5.50. The fourth-order valence-electron chi connectivity index (χ4n) is 2.28. The van der Waals surface area contributed by atoms with Crippen LogP contribution in [-0.4, -0.2) is 41.7 Å². The van der Waals surface area contributed by atoms with Crippen molar-refractivity contribution in [2.24, 2.45) is 5.92 Å². The molecule has 2 rings (SSSR count). The summed E-state index contributed by atoms with van der Waals surface area (Å²) in [6, 6.07) is 7.52. The first-order valence-electron chi connectivity index (χ1n) is 6.58. The first-order chi connectivity index (χ1) is 8.96. The van der Waals surface area contributed by atoms with Gasteiger partial charge < -0.3 is 14.7 Å². The molecule has 0 aliphatic carbocycles. The Morgan fingerprint density at radius 3 is 2.63 bits per heavy atom. The minimum Gasteiger partial charge on any atom is -0.496 e. The van der Waals surface area contributed by atoms with Crippen molar-refractivity contribution in [2.45, 2.75) is 25.9 Å². The number of hydrogen-bond donors (Lipinski definition) is 1. The van der Waals surface area contributed by atoms with Gasteiger partial charge in [0.25, 0.3) is 0 Å². The van der Waals surface area contributed by atoms with Crippen LogP contribution in [0.2, 0.25) is 0 Å². The van der Waals surface area contributed by atoms with Gasteiger partial charge in [0.1, 0.15) is 11.4 Å². The molecule has 1 aliphatic rings. The summed E-state index contributed by atoms with van der Waals surface area (Å²) >= 11 is 0. The summed E-state index contributed by atoms with van der Waals surface area (Å²) in [6.07, 6.45) is 0.318. The Labute approximate surface area is 114 Å². The van der Waals surface area contributed by atoms with E-state index in [1.54, 1.807) is 12.0 Å². The van der Waals surface area contributed by atoms with Crippen LogP contribution in [0.4, 0.5) is 0 Å². The van der Waals surface area contributed by atoms with E-state index in [4.69, 9.17) is 4.74 Å². The fraction of sp³-hybridized carbons (Fsp3) is 0.533. The van der Waals surface area contributed by atoms with Crippen LogP contribution in [0, 0.1) is 5.92 Å². The van der Waals surface area contributed by atoms with Crippen LogP contribution in [0.25, 0.3) is 0 Å². The number of amides is 1. The van der Waals surface area contributed by atoms with Crippen molar-refractivity contribution >= 4 is 5.91 Å². The molecule has 0 unspecified atom stereocenters. The number of benzene rings is 1. The molecular formula is C15H21NO3. The largest absolute Gasteiger partial charge is 0.496 e. The Kier molecular flexibility index (Phi) is 3.80. The Hall–Kier alpha value is -1.55. The number of carbonyl (C=O) groups excluding carboxylic acids is 1. The molecule has 19 heavy (non-hydrogen) atoms. The Morgan fingerprint density at radius 1 is 1.42 bits per heavy atom. The van der Waals surface area contributed by atoms with Crippen LogP contribution < -0.4 is 4.74 Å². The van der Waals surface area contributed by atoms with Gasteiger partial charge >= 0.3 is 0 Å². The normalized spacial score (nSPS) is 17.2. The zero-order valence-corrected chi connectivity index (χ0v) is 11.7. The third kappa shape index (κ3) is 2.73. The minimum absolute atomic E-state index is 0.0369. The van der Waals surface area contributed by atoms with Gasteiger partial charge in [-0.3, -0.25) is 4.79 Å². The average Bonchev–Trinajstić information content (AvgIpc) is 2.35. The molecule has 1 aromatic carbocycles. The third-order valence-electron chi connectivity index (χ3n) is 3.89. The number of carbonyl (C=O) groups is 1. The van der Waals surface area contributed by atoms with E-state index < -0.39 is 5.60 Å². The number of rotatable bonds is 4. The van der Waals surface area contributed by atoms with E-state index >= 15 is 0 Å². The Bertz CT molecular complexity index is 464. The molecule has 4 nitrogen and oxygen atoms in total. The lowest BCUT2D eigenvalue weighted by atomic mass is 9.82. The van der Waals surface area contributed by atoms with Gasteiger partial charge in [-0.15, -0.1) is 0 Å². The van der Waals surface area contributed by atoms with Gasteiger partial charge in [-0.2, -0.15) is 0 Å². The Morgan fingerprint density at radius 2 is 2.05 bits per heavy atom. The molecular weight excluding hydrogens is 242 g/mol. The molecule has 1 aliphatic heterocycles. The van der Waals surface area contributed by atoms with E-state index in [1.165, 1.54) is 0 Å². The maximum atomic E-state index is 12.1. The summed E-state index contributed by atoms with van der Waals surface area (Å²) in [5.41, 5.74) is 0.172. The van der Waals surface area contributed by atoms with Crippen molar-refractivity contribution in [3.05, 3.63) is 29.8 Å². The number of aliphatic hydroxyl groups is 1. The van der Waals surface area contributed by atoms with Crippen molar-refractivity contribution in [2.75, 3.05) is 20.2 Å². The summed E-state index contributed by atoms with van der Waals surface area (Å²) < 4.78 is 5.24. The lowest BCUT2D eigenvalue weighted by Gasteiger charge is -2.49. The van der Waals surface area contributed by atoms with Crippen LogP contribution in [0.3, 0.4) is 0 Å². The molecule has 1 saturated heterocycles. The lowest BCUT2D eigenvalue weighted by Crippen LogP contribution is -2.66. The molecule has 0 radical (unpaired) electrons. The standard InChI is InChI=1S/C15H21NO3/c1-11(2)15(18)9-16(10-15)14(17)8-12-6-4-5-7-13(12)19-3/h4-7,11,18H,8-10H2,1-3H3. The maximum Gasteiger partial charge on any atom is 0.227 e. The van der Waals surface area contributed by atoms with Gasteiger partial charge in [0.05, 0.1) is 26.6 Å². The van der Waals surface area contributed by atoms with Gasteiger partial charge in [0.2, 0.25) is 5.91 Å². The number of hydrogen-bond acceptors (Lipinski definition) is 3. The van der Waals surface area contributed by atoms with Gasteiger partial charge in [-0.25, -0.2) is 0 Å². The van der Waals surface area contributed by atoms with Crippen molar-refractivity contribution < 1.29 is 14.6 Å². The SMILES string of the molecule is COc1ccccc1CC(=O)N1CC(O)(C(C)C)C1. The first kappa shape index (κ1) is 13.9. The maximum absolute atomic E-state index is 12.1. The zero-order chi connectivity index (χ0) is 14.0. The number of nitrogens with zero attached hydrogens (tertiary/aromatic N) is 1. The molecule has 0 spiro atoms. The van der Waals surface area contributed by atoms with E-state index in [0.717, 1.165) is 11.3 Å². The molecule has 1 amide bonds. The molecule has 0 saturated carbocycles. The number of β-amino-alcohol motifs (C(OH)–C–C–N with tert-alkyl or cyclic N) is 1. The molecule has 4 heteroatoms. The Balaban J connectivity index is 1.96. The quantitative estimate of drug-likeness (QED) is 0.895. The van der Waals surface area contributed by atoms with Crippen LogP contribution in [0.15, 0.2) is 24.3 Å². The zero-order valence-electron chi connectivity index (χ0n) is 11.7. The number of para-hydroxylation sites is 1. The van der Waals surface area contributed by atoms with Crippen molar-refractivity contribution in [1.82, 2.24) is 4.90 Å². The smallest absolute Gasteiger partial charge is 0.227 e. The molecule has 1 aromatic rings. The van der Waals surface area contributed by atoms with Crippen molar-refractivity contribution in [3.8, 4) is 5.75 Å². The van der Waals surface area contributed by atoms with Crippen LogP contribution in [0.1, 0.15) is 19.4 Å². The predicted octanol–water partition coefficient (Wildman–Crippen LogP) is 1.47. The highest BCUT2D eigenvalue weighted by molar-refractivity contribution is 5.80. The predicted molar refractivity (Wildman–Crippen MR) is 73.1 cm³/mol. The monoisotopic (exact) mass is 263 g/mol. The molecule has 1 N–H and O–H groups in total. The highest BCUT2D eigenvalue weighted by atomic mass is 16.5. The van der Waals surface area contributed by atoms with Crippen LogP contribution in [-0.2, 0) is 11.2 Å². The average molecular weight is 263 g/mol. The van der Waals surface area contributed by atoms with Crippen molar-refractivity contribution in [3.63, 3.8) is 0 Å². The third-order valence-corrected chi connectivity index (χ3v) is 3.89.